The predicted molar refractivity (Wildman–Crippen MR) is 27.8 cm³/mol. The second kappa shape index (κ2) is 4.64. The van der Waals surface area contributed by atoms with Crippen LogP contribution in [-0.4, -0.2) is 11.6 Å². The summed E-state index contributed by atoms with van der Waals surface area (Å²) in [7, 11) is 0. The fourth-order valence-corrected chi connectivity index (χ4v) is 0.491. The Morgan fingerprint density at radius 1 is 1.60 bits per heavy atom. The van der Waals surface area contributed by atoms with Crippen LogP contribution in [0.5, 0.6) is 0 Å². The van der Waals surface area contributed by atoms with Crippen molar-refractivity contribution in [2.24, 2.45) is 0 Å². The summed E-state index contributed by atoms with van der Waals surface area (Å²) in [6.07, 6.45) is 0.969. The van der Waals surface area contributed by atoms with Gasteiger partial charge in [0.15, 0.2) is 0 Å². The summed E-state index contributed by atoms with van der Waals surface area (Å²) >= 11 is 9.80. The molecule has 0 saturated carbocycles. The van der Waals surface area contributed by atoms with Crippen LogP contribution >= 0.6 is 24.2 Å². The Labute approximate surface area is 42.9 Å². The van der Waals surface area contributed by atoms with Gasteiger partial charge in [0.2, 0.25) is 0 Å². The zero-order valence-electron chi connectivity index (χ0n) is 2.91. The summed E-state index contributed by atoms with van der Waals surface area (Å²) in [6, 6.07) is 0. The van der Waals surface area contributed by atoms with E-state index < -0.39 is 0 Å². The minimum Gasteiger partial charge on any atom is -0.127 e. The number of alkyl halides is 1. The van der Waals surface area contributed by atoms with Gasteiger partial charge in [-0.1, -0.05) is 12.6 Å². The highest BCUT2D eigenvalue weighted by Crippen LogP contribution is 1.84. The van der Waals surface area contributed by atoms with Crippen LogP contribution in [0.3, 0.4) is 0 Å². The zero-order chi connectivity index (χ0) is 4.12. The molecule has 0 unspecified atom stereocenters. The first kappa shape index (κ1) is 5.64. The van der Waals surface area contributed by atoms with Crippen molar-refractivity contribution in [3.05, 3.63) is 0 Å². The highest BCUT2D eigenvalue weighted by atomic mass is 35.5. The van der Waals surface area contributed by atoms with E-state index >= 15 is 0 Å². The Morgan fingerprint density at radius 3 is 2.20 bits per heavy atom. The third-order valence-electron chi connectivity index (χ3n) is 0.278. The molecule has 2 heteroatoms. The smallest absolute Gasteiger partial charge is 0.0231 e. The van der Waals surface area contributed by atoms with Crippen LogP contribution in [0.1, 0.15) is 6.42 Å². The maximum Gasteiger partial charge on any atom is 0.0231 e. The Kier molecular flexibility index (Phi) is 5.23. The van der Waals surface area contributed by atoms with Gasteiger partial charge in [0, 0.05) is 11.6 Å². The van der Waals surface area contributed by atoms with E-state index in [1.54, 1.807) is 0 Å². The minimum absolute atomic E-state index is 0.712. The molecule has 31 valence electrons. The second-order valence-corrected chi connectivity index (χ2v) is 1.53. The standard InChI is InChI=1S/C3H6ClS/c4-2-1-3-5/h1-3H2. The van der Waals surface area contributed by atoms with Crippen LogP contribution in [-0.2, 0) is 0 Å². The van der Waals surface area contributed by atoms with Gasteiger partial charge in [-0.15, -0.1) is 11.6 Å². The van der Waals surface area contributed by atoms with Gasteiger partial charge >= 0.3 is 0 Å². The molecule has 5 heavy (non-hydrogen) atoms. The fourth-order valence-electron chi connectivity index (χ4n) is 0.0546. The molecule has 0 aromatic heterocycles. The highest BCUT2D eigenvalue weighted by Gasteiger charge is 1.71. The van der Waals surface area contributed by atoms with E-state index in [2.05, 4.69) is 12.6 Å². The lowest BCUT2D eigenvalue weighted by Gasteiger charge is -1.75. The molecule has 0 bridgehead atoms. The van der Waals surface area contributed by atoms with E-state index in [-0.39, 0.29) is 0 Å². The molecule has 0 aliphatic carbocycles. The molecule has 0 nitrogen and oxygen atoms in total. The van der Waals surface area contributed by atoms with Gasteiger partial charge in [-0.3, -0.25) is 0 Å². The van der Waals surface area contributed by atoms with Crippen LogP contribution in [0.2, 0.25) is 0 Å². The molecule has 0 N–H and O–H groups in total. The summed E-state index contributed by atoms with van der Waals surface area (Å²) in [6.45, 7) is 0. The van der Waals surface area contributed by atoms with E-state index in [4.69, 9.17) is 11.6 Å². The predicted octanol–water partition coefficient (Wildman–Crippen LogP) is 1.81. The van der Waals surface area contributed by atoms with Crippen LogP contribution in [0, 0.1) is 0 Å². The van der Waals surface area contributed by atoms with Crippen LogP contribution in [0.25, 0.3) is 0 Å². The summed E-state index contributed by atoms with van der Waals surface area (Å²) in [5, 5.41) is 0. The molecule has 0 aliphatic rings. The molecule has 0 atom stereocenters. The molecular weight excluding hydrogens is 104 g/mol. The molecule has 0 rings (SSSR count). The maximum atomic E-state index is 5.23. The van der Waals surface area contributed by atoms with Gasteiger partial charge in [0.1, 0.15) is 0 Å². The third kappa shape index (κ3) is 4.64. The SMILES string of the molecule is [S]CCCCl. The molecule has 0 amide bonds. The van der Waals surface area contributed by atoms with Crippen molar-refractivity contribution in [1.82, 2.24) is 0 Å². The summed E-state index contributed by atoms with van der Waals surface area (Å²) < 4.78 is 0. The first-order chi connectivity index (χ1) is 2.41. The van der Waals surface area contributed by atoms with E-state index in [9.17, 15) is 0 Å². The number of hydrogen-bond acceptors (Lipinski definition) is 0. The topological polar surface area (TPSA) is 0 Å². The molecule has 0 saturated heterocycles. The maximum absolute atomic E-state index is 5.23. The number of halogens is 1. The Bertz CT molecular complexity index is 14.4. The van der Waals surface area contributed by atoms with E-state index in [0.29, 0.717) is 5.88 Å². The molecule has 1 radical (unpaired) electrons. The van der Waals surface area contributed by atoms with Gasteiger partial charge in [0.05, 0.1) is 0 Å². The second-order valence-electron chi connectivity index (χ2n) is 0.747. The van der Waals surface area contributed by atoms with E-state index in [1.165, 1.54) is 0 Å². The molecule has 0 aromatic rings. The Hall–Kier alpha value is 0.640. The minimum atomic E-state index is 0.712. The normalized spacial score (nSPS) is 8.40. The molecule has 0 aromatic carbocycles. The first-order valence-electron chi connectivity index (χ1n) is 1.56. The molecule has 0 spiro atoms. The van der Waals surface area contributed by atoms with Crippen molar-refractivity contribution in [3.8, 4) is 0 Å². The zero-order valence-corrected chi connectivity index (χ0v) is 4.48. The quantitative estimate of drug-likeness (QED) is 0.475. The highest BCUT2D eigenvalue weighted by molar-refractivity contribution is 7.80. The van der Waals surface area contributed by atoms with Gasteiger partial charge in [0.25, 0.3) is 0 Å². The number of hydrogen-bond donors (Lipinski definition) is 0. The summed E-state index contributed by atoms with van der Waals surface area (Å²) in [5.74, 6) is 1.51. The molecular formula is C3H6ClS. The van der Waals surface area contributed by atoms with Gasteiger partial charge in [-0.2, -0.15) is 0 Å². The largest absolute Gasteiger partial charge is 0.127 e. The van der Waals surface area contributed by atoms with E-state index in [1.807, 2.05) is 0 Å². The average molecular weight is 110 g/mol. The van der Waals surface area contributed by atoms with Crippen molar-refractivity contribution >= 4 is 24.2 Å². The van der Waals surface area contributed by atoms with Gasteiger partial charge in [-0.25, -0.2) is 0 Å². The van der Waals surface area contributed by atoms with Gasteiger partial charge in [-0.05, 0) is 6.42 Å². The Balaban J connectivity index is 2.19. The van der Waals surface area contributed by atoms with Crippen molar-refractivity contribution in [1.29, 1.82) is 0 Å². The lowest BCUT2D eigenvalue weighted by atomic mass is 10.6. The van der Waals surface area contributed by atoms with Crippen LogP contribution in [0.15, 0.2) is 0 Å². The lowest BCUT2D eigenvalue weighted by molar-refractivity contribution is 1.12. The third-order valence-corrected chi connectivity index (χ3v) is 0.834. The van der Waals surface area contributed by atoms with Crippen molar-refractivity contribution in [3.63, 3.8) is 0 Å². The lowest BCUT2D eigenvalue weighted by Crippen LogP contribution is -1.71. The van der Waals surface area contributed by atoms with Crippen LogP contribution in [0.4, 0.5) is 0 Å². The first-order valence-corrected chi connectivity index (χ1v) is 2.67. The van der Waals surface area contributed by atoms with Crippen LogP contribution < -0.4 is 0 Å². The molecule has 0 fully saturated rings. The summed E-state index contributed by atoms with van der Waals surface area (Å²) in [4.78, 5) is 0. The Morgan fingerprint density at radius 2 is 2.20 bits per heavy atom. The molecule has 0 aliphatic heterocycles. The molecule has 0 heterocycles. The number of rotatable bonds is 2. The average Bonchev–Trinajstić information content (AvgIpc) is 1.41. The van der Waals surface area contributed by atoms with Crippen molar-refractivity contribution < 1.29 is 0 Å². The van der Waals surface area contributed by atoms with Crippen molar-refractivity contribution in [2.45, 2.75) is 6.42 Å². The van der Waals surface area contributed by atoms with Gasteiger partial charge < -0.3 is 0 Å². The van der Waals surface area contributed by atoms with Crippen molar-refractivity contribution in [2.75, 3.05) is 11.6 Å². The fraction of sp³-hybridized carbons (Fsp3) is 1.00. The summed E-state index contributed by atoms with van der Waals surface area (Å²) in [5.41, 5.74) is 0. The monoisotopic (exact) mass is 109 g/mol. The van der Waals surface area contributed by atoms with E-state index in [0.717, 1.165) is 12.2 Å².